The van der Waals surface area contributed by atoms with Gasteiger partial charge in [-0.25, -0.2) is 0 Å². The molecule has 0 aromatic rings. The van der Waals surface area contributed by atoms with Crippen molar-refractivity contribution in [3.8, 4) is 0 Å². The van der Waals surface area contributed by atoms with Gasteiger partial charge in [-0.2, -0.15) is 0 Å². The van der Waals surface area contributed by atoms with Crippen LogP contribution in [0.25, 0.3) is 0 Å². The van der Waals surface area contributed by atoms with Crippen LogP contribution in [-0.4, -0.2) is 0 Å². The molecule has 0 nitrogen and oxygen atoms in total. The second kappa shape index (κ2) is 6.33. The van der Waals surface area contributed by atoms with Crippen LogP contribution in [0.1, 0.15) is 72.6 Å². The maximum Gasteiger partial charge on any atom is -0.0169 e. The maximum absolute atomic E-state index is 4.37. The van der Waals surface area contributed by atoms with Crippen molar-refractivity contribution in [3.05, 3.63) is 35.5 Å². The number of rotatable bonds is 3. The topological polar surface area (TPSA) is 0 Å². The zero-order valence-electron chi connectivity index (χ0n) is 14.0. The molecule has 1 fully saturated rings. The molecular weight excluding hydrogens is 240 g/mol. The van der Waals surface area contributed by atoms with Gasteiger partial charge in [-0.15, -0.1) is 0 Å². The Labute approximate surface area is 126 Å². The molecule has 0 aliphatic heterocycles. The van der Waals surface area contributed by atoms with Crippen LogP contribution in [-0.2, 0) is 0 Å². The van der Waals surface area contributed by atoms with E-state index >= 15 is 0 Å². The molecule has 0 amide bonds. The van der Waals surface area contributed by atoms with Crippen LogP contribution in [0.5, 0.6) is 0 Å². The Kier molecular flexibility index (Phi) is 4.94. The lowest BCUT2D eigenvalue weighted by Gasteiger charge is -2.31. The highest BCUT2D eigenvalue weighted by atomic mass is 14.5. The smallest absolute Gasteiger partial charge is 0.0169 e. The van der Waals surface area contributed by atoms with Crippen molar-refractivity contribution in [1.82, 2.24) is 0 Å². The van der Waals surface area contributed by atoms with Crippen LogP contribution in [0.15, 0.2) is 35.5 Å². The first kappa shape index (κ1) is 15.6. The van der Waals surface area contributed by atoms with Crippen molar-refractivity contribution >= 4 is 0 Å². The van der Waals surface area contributed by atoms with E-state index in [0.29, 0.717) is 5.41 Å². The number of allylic oxidation sites excluding steroid dienone is 5. The fourth-order valence-corrected chi connectivity index (χ4v) is 3.88. The van der Waals surface area contributed by atoms with Crippen LogP contribution < -0.4 is 0 Å². The molecule has 0 N–H and O–H groups in total. The Morgan fingerprint density at radius 3 is 2.85 bits per heavy atom. The SMILES string of the molecule is C=C1CC/C=C(\C)CC[C@](C)(CCC=C(C)C)[C@H]2C[C@H]12. The molecule has 1 saturated carbocycles. The number of hydrogen-bond acceptors (Lipinski definition) is 0. The van der Waals surface area contributed by atoms with Gasteiger partial charge in [0.15, 0.2) is 0 Å². The summed E-state index contributed by atoms with van der Waals surface area (Å²) in [4.78, 5) is 0. The van der Waals surface area contributed by atoms with E-state index in [9.17, 15) is 0 Å². The van der Waals surface area contributed by atoms with E-state index in [1.54, 1.807) is 5.57 Å². The van der Waals surface area contributed by atoms with Gasteiger partial charge in [0, 0.05) is 0 Å². The predicted octanol–water partition coefficient (Wildman–Crippen LogP) is 6.45. The summed E-state index contributed by atoms with van der Waals surface area (Å²) in [6.45, 7) is 13.6. The Morgan fingerprint density at radius 2 is 2.15 bits per heavy atom. The van der Waals surface area contributed by atoms with Crippen LogP contribution >= 0.6 is 0 Å². The van der Waals surface area contributed by atoms with Crippen LogP contribution in [0.4, 0.5) is 0 Å². The van der Waals surface area contributed by atoms with Crippen LogP contribution in [0.3, 0.4) is 0 Å². The normalized spacial score (nSPS) is 36.6. The molecule has 0 radical (unpaired) electrons. The summed E-state index contributed by atoms with van der Waals surface area (Å²) >= 11 is 0. The molecule has 0 unspecified atom stereocenters. The Bertz CT molecular complexity index is 419. The minimum atomic E-state index is 0.520. The quantitative estimate of drug-likeness (QED) is 0.518. The van der Waals surface area contributed by atoms with Gasteiger partial charge < -0.3 is 0 Å². The molecule has 2 aliphatic carbocycles. The number of hydrogen-bond donors (Lipinski definition) is 0. The van der Waals surface area contributed by atoms with Crippen molar-refractivity contribution in [2.24, 2.45) is 17.3 Å². The summed E-state index contributed by atoms with van der Waals surface area (Å²) in [5.41, 5.74) is 5.09. The molecule has 0 heteroatoms. The minimum Gasteiger partial charge on any atom is -0.0996 e. The summed E-state index contributed by atoms with van der Waals surface area (Å²) in [7, 11) is 0. The second-order valence-electron chi connectivity index (χ2n) is 7.67. The molecule has 112 valence electrons. The molecule has 0 spiro atoms. The highest BCUT2D eigenvalue weighted by molar-refractivity contribution is 5.18. The lowest BCUT2D eigenvalue weighted by atomic mass is 9.74. The fraction of sp³-hybridized carbons (Fsp3) is 0.700. The lowest BCUT2D eigenvalue weighted by Crippen LogP contribution is -2.21. The predicted molar refractivity (Wildman–Crippen MR) is 89.7 cm³/mol. The monoisotopic (exact) mass is 272 g/mol. The van der Waals surface area contributed by atoms with Gasteiger partial charge in [-0.05, 0) is 83.0 Å². The van der Waals surface area contributed by atoms with E-state index in [2.05, 4.69) is 46.4 Å². The number of fused-ring (bicyclic) bond motifs is 1. The van der Waals surface area contributed by atoms with Gasteiger partial charge in [0.25, 0.3) is 0 Å². The summed E-state index contributed by atoms with van der Waals surface area (Å²) < 4.78 is 0. The lowest BCUT2D eigenvalue weighted by molar-refractivity contribution is 0.219. The van der Waals surface area contributed by atoms with Crippen LogP contribution in [0.2, 0.25) is 0 Å². The summed E-state index contributed by atoms with van der Waals surface area (Å²) in [5.74, 6) is 1.74. The van der Waals surface area contributed by atoms with Crippen LogP contribution in [0, 0.1) is 17.3 Å². The van der Waals surface area contributed by atoms with Gasteiger partial charge in [0.2, 0.25) is 0 Å². The molecule has 0 bridgehead atoms. The first-order chi connectivity index (χ1) is 9.42. The Balaban J connectivity index is 2.08. The summed E-state index contributed by atoms with van der Waals surface area (Å²) in [5, 5.41) is 0. The third-order valence-corrected chi connectivity index (χ3v) is 5.53. The summed E-state index contributed by atoms with van der Waals surface area (Å²) in [6.07, 6.45) is 13.9. The molecule has 0 saturated heterocycles. The van der Waals surface area contributed by atoms with E-state index in [4.69, 9.17) is 0 Å². The van der Waals surface area contributed by atoms with Gasteiger partial charge in [-0.3, -0.25) is 0 Å². The Morgan fingerprint density at radius 1 is 1.40 bits per heavy atom. The standard InChI is InChI=1S/C20H32/c1-15(2)8-7-12-20(5)13-11-16(3)9-6-10-17(4)18-14-19(18)20/h8-9,18-19H,4,6-7,10-14H2,1-3,5H3/b16-9+/t18-,19+,20+/m1/s1. The zero-order chi connectivity index (χ0) is 14.8. The zero-order valence-corrected chi connectivity index (χ0v) is 14.0. The van der Waals surface area contributed by atoms with Gasteiger partial charge in [0.1, 0.15) is 0 Å². The van der Waals surface area contributed by atoms with Crippen molar-refractivity contribution in [1.29, 1.82) is 0 Å². The highest BCUT2D eigenvalue weighted by Gasteiger charge is 2.49. The van der Waals surface area contributed by atoms with E-state index in [0.717, 1.165) is 11.8 Å². The summed E-state index contributed by atoms with van der Waals surface area (Å²) in [6, 6.07) is 0. The molecule has 20 heavy (non-hydrogen) atoms. The molecule has 2 rings (SSSR count). The van der Waals surface area contributed by atoms with E-state index in [1.807, 2.05) is 0 Å². The first-order valence-electron chi connectivity index (χ1n) is 8.39. The van der Waals surface area contributed by atoms with Gasteiger partial charge in [-0.1, -0.05) is 42.4 Å². The van der Waals surface area contributed by atoms with Gasteiger partial charge in [0.05, 0.1) is 0 Å². The molecular formula is C20H32. The van der Waals surface area contributed by atoms with Crippen molar-refractivity contribution < 1.29 is 0 Å². The first-order valence-corrected chi connectivity index (χ1v) is 8.39. The molecule has 0 aromatic carbocycles. The molecule has 0 heterocycles. The second-order valence-corrected chi connectivity index (χ2v) is 7.67. The third-order valence-electron chi connectivity index (χ3n) is 5.53. The highest BCUT2D eigenvalue weighted by Crippen LogP contribution is 2.59. The fourth-order valence-electron chi connectivity index (χ4n) is 3.88. The van der Waals surface area contributed by atoms with Crippen molar-refractivity contribution in [3.63, 3.8) is 0 Å². The average molecular weight is 272 g/mol. The Hall–Kier alpha value is -0.780. The maximum atomic E-state index is 4.37. The molecule has 3 atom stereocenters. The van der Waals surface area contributed by atoms with Crippen molar-refractivity contribution in [2.75, 3.05) is 0 Å². The average Bonchev–Trinajstić information content (AvgIpc) is 3.16. The molecule has 0 aromatic heterocycles. The largest absolute Gasteiger partial charge is 0.0996 e. The van der Waals surface area contributed by atoms with E-state index in [1.165, 1.54) is 56.1 Å². The minimum absolute atomic E-state index is 0.520. The van der Waals surface area contributed by atoms with Crippen molar-refractivity contribution in [2.45, 2.75) is 72.6 Å². The molecule has 2 aliphatic rings. The van der Waals surface area contributed by atoms with E-state index in [-0.39, 0.29) is 0 Å². The third kappa shape index (κ3) is 3.87. The van der Waals surface area contributed by atoms with E-state index < -0.39 is 0 Å². The van der Waals surface area contributed by atoms with Gasteiger partial charge >= 0.3 is 0 Å².